The van der Waals surface area contributed by atoms with Crippen LogP contribution in [0.3, 0.4) is 0 Å². The molecule has 3 amide bonds. The van der Waals surface area contributed by atoms with Crippen LogP contribution in [0.25, 0.3) is 0 Å². The SMILES string of the molecule is CCOc1ccc(C(=O)NC(=S)NNC(=O)c2ccc(NC(C)=O)cc2)cc1. The standard InChI is InChI=1S/C19H20N4O4S/c1-3-27-16-10-6-13(7-11-16)17(25)21-19(28)23-22-18(26)14-4-8-15(9-5-14)20-12(2)24/h4-11H,3H2,1-2H3,(H,20,24)(H,22,26)(H2,21,23,25,28). The summed E-state index contributed by atoms with van der Waals surface area (Å²) in [6, 6.07) is 12.9. The Morgan fingerprint density at radius 3 is 2.04 bits per heavy atom. The van der Waals surface area contributed by atoms with E-state index in [0.29, 0.717) is 29.2 Å². The molecule has 0 aliphatic heterocycles. The van der Waals surface area contributed by atoms with Gasteiger partial charge in [0.05, 0.1) is 6.61 Å². The second-order valence-electron chi connectivity index (χ2n) is 5.58. The molecule has 2 rings (SSSR count). The zero-order valence-electron chi connectivity index (χ0n) is 15.4. The van der Waals surface area contributed by atoms with Crippen LogP contribution in [0.15, 0.2) is 48.5 Å². The van der Waals surface area contributed by atoms with Gasteiger partial charge in [0.2, 0.25) is 5.91 Å². The van der Waals surface area contributed by atoms with Crippen molar-refractivity contribution in [2.24, 2.45) is 0 Å². The molecule has 0 aliphatic carbocycles. The summed E-state index contributed by atoms with van der Waals surface area (Å²) in [4.78, 5) is 35.2. The number of thiocarbonyl (C=S) groups is 1. The summed E-state index contributed by atoms with van der Waals surface area (Å²) in [5, 5.41) is 5.02. The van der Waals surface area contributed by atoms with Crippen LogP contribution < -0.4 is 26.2 Å². The van der Waals surface area contributed by atoms with Crippen molar-refractivity contribution in [3.8, 4) is 5.75 Å². The molecule has 0 atom stereocenters. The average Bonchev–Trinajstić information content (AvgIpc) is 2.67. The maximum Gasteiger partial charge on any atom is 0.269 e. The molecule has 0 radical (unpaired) electrons. The quantitative estimate of drug-likeness (QED) is 0.452. The number of rotatable bonds is 5. The minimum Gasteiger partial charge on any atom is -0.494 e. The minimum atomic E-state index is -0.452. The molecule has 0 bridgehead atoms. The van der Waals surface area contributed by atoms with Crippen molar-refractivity contribution in [3.63, 3.8) is 0 Å². The van der Waals surface area contributed by atoms with Gasteiger partial charge in [0.15, 0.2) is 5.11 Å². The number of amides is 3. The Bertz CT molecular complexity index is 867. The van der Waals surface area contributed by atoms with E-state index < -0.39 is 11.8 Å². The molecule has 146 valence electrons. The number of hydrazine groups is 1. The van der Waals surface area contributed by atoms with Gasteiger partial charge in [-0.2, -0.15) is 0 Å². The fourth-order valence-corrected chi connectivity index (χ4v) is 2.31. The van der Waals surface area contributed by atoms with Crippen molar-refractivity contribution in [1.82, 2.24) is 16.2 Å². The molecule has 0 aliphatic rings. The molecule has 0 heterocycles. The van der Waals surface area contributed by atoms with Crippen LogP contribution in [0.4, 0.5) is 5.69 Å². The third kappa shape index (κ3) is 6.36. The molecule has 2 aromatic rings. The van der Waals surface area contributed by atoms with Gasteiger partial charge in [-0.25, -0.2) is 0 Å². The Labute approximate surface area is 167 Å². The summed E-state index contributed by atoms with van der Waals surface area (Å²) < 4.78 is 5.32. The zero-order chi connectivity index (χ0) is 20.5. The van der Waals surface area contributed by atoms with Crippen molar-refractivity contribution >= 4 is 40.7 Å². The van der Waals surface area contributed by atoms with E-state index in [1.54, 1.807) is 48.5 Å². The first kappa shape index (κ1) is 20.8. The third-order valence-corrected chi connectivity index (χ3v) is 3.62. The lowest BCUT2D eigenvalue weighted by Gasteiger charge is -2.11. The van der Waals surface area contributed by atoms with Crippen molar-refractivity contribution < 1.29 is 19.1 Å². The van der Waals surface area contributed by atoms with E-state index in [0.717, 1.165) is 0 Å². The summed E-state index contributed by atoms with van der Waals surface area (Å²) in [6.45, 7) is 3.80. The smallest absolute Gasteiger partial charge is 0.269 e. The van der Waals surface area contributed by atoms with E-state index in [2.05, 4.69) is 21.5 Å². The highest BCUT2D eigenvalue weighted by molar-refractivity contribution is 7.80. The van der Waals surface area contributed by atoms with Crippen LogP contribution in [-0.4, -0.2) is 29.4 Å². The first-order valence-electron chi connectivity index (χ1n) is 8.41. The van der Waals surface area contributed by atoms with Crippen molar-refractivity contribution in [2.75, 3.05) is 11.9 Å². The number of carbonyl (C=O) groups is 3. The number of nitrogens with one attached hydrogen (secondary N) is 4. The summed E-state index contributed by atoms with van der Waals surface area (Å²) in [5.41, 5.74) is 6.18. The van der Waals surface area contributed by atoms with Crippen LogP contribution in [0.5, 0.6) is 5.75 Å². The van der Waals surface area contributed by atoms with E-state index in [1.165, 1.54) is 6.92 Å². The van der Waals surface area contributed by atoms with E-state index >= 15 is 0 Å². The molecule has 2 aromatic carbocycles. The van der Waals surface area contributed by atoms with Crippen molar-refractivity contribution in [1.29, 1.82) is 0 Å². The van der Waals surface area contributed by atoms with Gasteiger partial charge in [-0.3, -0.25) is 30.6 Å². The highest BCUT2D eigenvalue weighted by Gasteiger charge is 2.10. The summed E-state index contributed by atoms with van der Waals surface area (Å²) >= 11 is 5.00. The fraction of sp³-hybridized carbons (Fsp3) is 0.158. The molecule has 0 aromatic heterocycles. The Morgan fingerprint density at radius 2 is 1.46 bits per heavy atom. The molecular weight excluding hydrogens is 380 g/mol. The maximum absolute atomic E-state index is 12.1. The molecule has 0 unspecified atom stereocenters. The fourth-order valence-electron chi connectivity index (χ4n) is 2.17. The van der Waals surface area contributed by atoms with Crippen LogP contribution >= 0.6 is 12.2 Å². The summed E-state index contributed by atoms with van der Waals surface area (Å²) in [7, 11) is 0. The van der Waals surface area contributed by atoms with E-state index in [9.17, 15) is 14.4 Å². The monoisotopic (exact) mass is 400 g/mol. The van der Waals surface area contributed by atoms with E-state index in [-0.39, 0.29) is 11.0 Å². The van der Waals surface area contributed by atoms with Crippen LogP contribution in [-0.2, 0) is 4.79 Å². The first-order chi connectivity index (χ1) is 13.4. The van der Waals surface area contributed by atoms with Crippen molar-refractivity contribution in [3.05, 3.63) is 59.7 Å². The molecule has 0 fully saturated rings. The van der Waals surface area contributed by atoms with Gasteiger partial charge in [-0.1, -0.05) is 0 Å². The minimum absolute atomic E-state index is 0.0536. The number of carbonyl (C=O) groups excluding carboxylic acids is 3. The Kier molecular flexibility index (Phi) is 7.46. The van der Waals surface area contributed by atoms with Gasteiger partial charge in [0.1, 0.15) is 5.75 Å². The molecule has 0 saturated carbocycles. The summed E-state index contributed by atoms with van der Waals surface area (Å²) in [6.07, 6.45) is 0. The van der Waals surface area contributed by atoms with Crippen molar-refractivity contribution in [2.45, 2.75) is 13.8 Å². The highest BCUT2D eigenvalue weighted by Crippen LogP contribution is 2.12. The number of hydrogen-bond donors (Lipinski definition) is 4. The second kappa shape index (κ2) is 10.0. The Hall–Kier alpha value is -3.46. The average molecular weight is 400 g/mol. The number of ether oxygens (including phenoxy) is 1. The molecule has 0 spiro atoms. The van der Waals surface area contributed by atoms with Crippen LogP contribution in [0.1, 0.15) is 34.6 Å². The van der Waals surface area contributed by atoms with Gasteiger partial charge in [0.25, 0.3) is 11.8 Å². The molecule has 8 nitrogen and oxygen atoms in total. The molecule has 4 N–H and O–H groups in total. The lowest BCUT2D eigenvalue weighted by molar-refractivity contribution is -0.114. The Balaban J connectivity index is 1.83. The lowest BCUT2D eigenvalue weighted by Crippen LogP contribution is -2.48. The lowest BCUT2D eigenvalue weighted by atomic mass is 10.2. The summed E-state index contributed by atoms with van der Waals surface area (Å²) in [5.74, 6) is -0.412. The maximum atomic E-state index is 12.1. The third-order valence-electron chi connectivity index (χ3n) is 3.41. The van der Waals surface area contributed by atoms with Gasteiger partial charge >= 0.3 is 0 Å². The number of anilines is 1. The van der Waals surface area contributed by atoms with E-state index in [1.807, 2.05) is 6.92 Å². The predicted molar refractivity (Wildman–Crippen MR) is 109 cm³/mol. The molecule has 0 saturated heterocycles. The predicted octanol–water partition coefficient (Wildman–Crippen LogP) is 1.99. The van der Waals surface area contributed by atoms with Gasteiger partial charge in [-0.05, 0) is 67.7 Å². The van der Waals surface area contributed by atoms with Crippen LogP contribution in [0, 0.1) is 0 Å². The van der Waals surface area contributed by atoms with Gasteiger partial charge < -0.3 is 10.1 Å². The normalized spacial score (nSPS) is 9.79. The first-order valence-corrected chi connectivity index (χ1v) is 8.82. The number of hydrogen-bond acceptors (Lipinski definition) is 5. The number of benzene rings is 2. The molecule has 9 heteroatoms. The Morgan fingerprint density at radius 1 is 0.893 bits per heavy atom. The molecule has 28 heavy (non-hydrogen) atoms. The van der Waals surface area contributed by atoms with Gasteiger partial charge in [0, 0.05) is 23.7 Å². The topological polar surface area (TPSA) is 109 Å². The van der Waals surface area contributed by atoms with Crippen LogP contribution in [0.2, 0.25) is 0 Å². The van der Waals surface area contributed by atoms with Gasteiger partial charge in [-0.15, -0.1) is 0 Å². The zero-order valence-corrected chi connectivity index (χ0v) is 16.2. The van der Waals surface area contributed by atoms with E-state index in [4.69, 9.17) is 17.0 Å². The molecular formula is C19H20N4O4S. The largest absolute Gasteiger partial charge is 0.494 e. The second-order valence-corrected chi connectivity index (χ2v) is 5.99. The highest BCUT2D eigenvalue weighted by atomic mass is 32.1.